The number of fused-ring (bicyclic) bond motifs is 1. The summed E-state index contributed by atoms with van der Waals surface area (Å²) in [6.07, 6.45) is 4.50. The summed E-state index contributed by atoms with van der Waals surface area (Å²) in [5.74, 6) is -0.637. The van der Waals surface area contributed by atoms with E-state index >= 15 is 0 Å². The molecule has 0 aliphatic heterocycles. The third kappa shape index (κ3) is 3.63. The molecule has 0 amide bonds. The Hall–Kier alpha value is -2.65. The van der Waals surface area contributed by atoms with Gasteiger partial charge in [-0.2, -0.15) is 0 Å². The number of esters is 1. The van der Waals surface area contributed by atoms with Gasteiger partial charge in [0.15, 0.2) is 0 Å². The smallest absolute Gasteiger partial charge is 0.373 e. The minimum absolute atomic E-state index is 0.0459. The number of carbonyl (C=O) groups is 1. The van der Waals surface area contributed by atoms with Gasteiger partial charge in [0.25, 0.3) is 0 Å². The van der Waals surface area contributed by atoms with Crippen molar-refractivity contribution in [1.82, 2.24) is 14.1 Å². The van der Waals surface area contributed by atoms with Gasteiger partial charge < -0.3 is 13.6 Å². The summed E-state index contributed by atoms with van der Waals surface area (Å²) in [6.45, 7) is 1.92. The summed E-state index contributed by atoms with van der Waals surface area (Å²) in [5.41, 5.74) is 1.58. The Morgan fingerprint density at radius 1 is 1.38 bits per heavy atom. The number of furan rings is 1. The maximum absolute atomic E-state index is 12.5. The second-order valence-corrected chi connectivity index (χ2v) is 7.32. The molecule has 26 heavy (non-hydrogen) atoms. The highest BCUT2D eigenvalue weighted by Gasteiger charge is 2.25. The summed E-state index contributed by atoms with van der Waals surface area (Å²) in [4.78, 5) is 15.9. The summed E-state index contributed by atoms with van der Waals surface area (Å²) in [5, 5.41) is 0. The van der Waals surface area contributed by atoms with Crippen LogP contribution in [0.15, 0.2) is 46.0 Å². The topological polar surface area (TPSA) is 103 Å². The molecule has 138 valence electrons. The Morgan fingerprint density at radius 2 is 2.19 bits per heavy atom. The monoisotopic (exact) mass is 377 g/mol. The van der Waals surface area contributed by atoms with Gasteiger partial charge in [-0.25, -0.2) is 22.9 Å². The number of nitrogens with zero attached hydrogens (tertiary/aromatic N) is 2. The van der Waals surface area contributed by atoms with Crippen molar-refractivity contribution in [3.8, 4) is 0 Å². The zero-order valence-corrected chi connectivity index (χ0v) is 15.2. The van der Waals surface area contributed by atoms with Crippen LogP contribution in [0.2, 0.25) is 0 Å². The lowest BCUT2D eigenvalue weighted by molar-refractivity contribution is 0.0563. The Kier molecular flexibility index (Phi) is 5.10. The van der Waals surface area contributed by atoms with E-state index in [1.807, 2.05) is 35.0 Å². The highest BCUT2D eigenvalue weighted by molar-refractivity contribution is 7.89. The van der Waals surface area contributed by atoms with Crippen LogP contribution in [0.25, 0.3) is 5.65 Å². The van der Waals surface area contributed by atoms with E-state index < -0.39 is 16.0 Å². The van der Waals surface area contributed by atoms with Crippen molar-refractivity contribution < 1.29 is 22.4 Å². The number of aromatic nitrogens is 2. The molecule has 0 spiro atoms. The molecule has 0 aliphatic rings. The number of imidazole rings is 1. The van der Waals surface area contributed by atoms with E-state index in [0.717, 1.165) is 11.3 Å². The summed E-state index contributed by atoms with van der Waals surface area (Å²) in [7, 11) is -2.60. The number of pyridine rings is 1. The summed E-state index contributed by atoms with van der Waals surface area (Å²) < 4.78 is 39.4. The molecule has 3 aromatic rings. The number of methoxy groups -OCH3 is 1. The molecular weight excluding hydrogens is 358 g/mol. The minimum atomic E-state index is -3.81. The Bertz CT molecular complexity index is 1000. The Balaban J connectivity index is 1.72. The fraction of sp³-hybridized carbons (Fsp3) is 0.294. The largest absolute Gasteiger partial charge is 0.463 e. The first-order chi connectivity index (χ1) is 12.4. The van der Waals surface area contributed by atoms with Crippen LogP contribution in [-0.4, -0.2) is 37.4 Å². The van der Waals surface area contributed by atoms with Gasteiger partial charge in [-0.3, -0.25) is 0 Å². The van der Waals surface area contributed by atoms with E-state index in [4.69, 9.17) is 4.42 Å². The Morgan fingerprint density at radius 3 is 2.88 bits per heavy atom. The maximum Gasteiger partial charge on any atom is 0.373 e. The van der Waals surface area contributed by atoms with Crippen LogP contribution in [0.1, 0.15) is 28.9 Å². The number of sulfonamides is 1. The van der Waals surface area contributed by atoms with Crippen molar-refractivity contribution in [2.75, 3.05) is 13.7 Å². The minimum Gasteiger partial charge on any atom is -0.463 e. The standard InChI is InChI=1S/C17H19N3O5S/c1-3-13-15(10-14(25-13)17(21)24-2)26(22,23)18-8-7-12-11-20-9-5-4-6-16(20)19-12/h4-6,9-11,18H,3,7-8H2,1-2H3. The highest BCUT2D eigenvalue weighted by Crippen LogP contribution is 2.22. The molecule has 0 fully saturated rings. The molecule has 0 bridgehead atoms. The van der Waals surface area contributed by atoms with Crippen molar-refractivity contribution in [1.29, 1.82) is 0 Å². The molecule has 0 saturated carbocycles. The molecule has 1 N–H and O–H groups in total. The van der Waals surface area contributed by atoms with Crippen LogP contribution < -0.4 is 4.72 Å². The quantitative estimate of drug-likeness (QED) is 0.630. The first-order valence-electron chi connectivity index (χ1n) is 8.08. The SMILES string of the molecule is CCc1oc(C(=O)OC)cc1S(=O)(=O)NCCc1cn2ccccc2n1. The molecule has 8 nitrogen and oxygen atoms in total. The van der Waals surface area contributed by atoms with Gasteiger partial charge in [0.1, 0.15) is 16.3 Å². The molecule has 3 rings (SSSR count). The number of aryl methyl sites for hydroxylation is 1. The number of hydrogen-bond acceptors (Lipinski definition) is 6. The van der Waals surface area contributed by atoms with Crippen LogP contribution in [0.3, 0.4) is 0 Å². The molecule has 0 aromatic carbocycles. The molecule has 3 aromatic heterocycles. The van der Waals surface area contributed by atoms with Crippen molar-refractivity contribution in [2.24, 2.45) is 0 Å². The maximum atomic E-state index is 12.5. The molecular formula is C17H19N3O5S. The van der Waals surface area contributed by atoms with Crippen molar-refractivity contribution in [2.45, 2.75) is 24.7 Å². The number of rotatable bonds is 7. The predicted molar refractivity (Wildman–Crippen MR) is 93.5 cm³/mol. The summed E-state index contributed by atoms with van der Waals surface area (Å²) in [6, 6.07) is 6.85. The van der Waals surface area contributed by atoms with Gasteiger partial charge in [-0.05, 0) is 12.1 Å². The molecule has 0 unspecified atom stereocenters. The van der Waals surface area contributed by atoms with Gasteiger partial charge >= 0.3 is 5.97 Å². The van der Waals surface area contributed by atoms with Crippen LogP contribution >= 0.6 is 0 Å². The molecule has 3 heterocycles. The number of nitrogens with one attached hydrogen (secondary N) is 1. The second kappa shape index (κ2) is 7.30. The van der Waals surface area contributed by atoms with E-state index in [1.165, 1.54) is 13.2 Å². The fourth-order valence-corrected chi connectivity index (χ4v) is 3.86. The van der Waals surface area contributed by atoms with Crippen LogP contribution in [0, 0.1) is 0 Å². The molecule has 0 radical (unpaired) electrons. The lowest BCUT2D eigenvalue weighted by Crippen LogP contribution is -2.26. The molecule has 0 atom stereocenters. The van der Waals surface area contributed by atoms with E-state index in [2.05, 4.69) is 14.4 Å². The first kappa shape index (κ1) is 18.2. The first-order valence-corrected chi connectivity index (χ1v) is 9.56. The lowest BCUT2D eigenvalue weighted by Gasteiger charge is -2.05. The molecule has 0 saturated heterocycles. The van der Waals surface area contributed by atoms with E-state index in [-0.39, 0.29) is 23.0 Å². The average Bonchev–Trinajstić information content (AvgIpc) is 3.24. The molecule has 9 heteroatoms. The van der Waals surface area contributed by atoms with Crippen molar-refractivity contribution in [3.05, 3.63) is 53.9 Å². The fourth-order valence-electron chi connectivity index (χ4n) is 2.59. The van der Waals surface area contributed by atoms with Crippen molar-refractivity contribution in [3.63, 3.8) is 0 Å². The van der Waals surface area contributed by atoms with Crippen LogP contribution in [0.4, 0.5) is 0 Å². The third-order valence-electron chi connectivity index (χ3n) is 3.85. The Labute approximate surface area is 150 Å². The van der Waals surface area contributed by atoms with Crippen LogP contribution in [0.5, 0.6) is 0 Å². The van der Waals surface area contributed by atoms with Gasteiger partial charge in [-0.1, -0.05) is 13.0 Å². The van der Waals surface area contributed by atoms with Crippen molar-refractivity contribution >= 4 is 21.6 Å². The summed E-state index contributed by atoms with van der Waals surface area (Å²) >= 11 is 0. The van der Waals surface area contributed by atoms with Gasteiger partial charge in [0, 0.05) is 37.8 Å². The van der Waals surface area contributed by atoms with Gasteiger partial charge in [-0.15, -0.1) is 0 Å². The zero-order valence-electron chi connectivity index (χ0n) is 14.4. The zero-order chi connectivity index (χ0) is 18.7. The van der Waals surface area contributed by atoms with E-state index in [9.17, 15) is 13.2 Å². The normalized spacial score (nSPS) is 11.8. The second-order valence-electron chi connectivity index (χ2n) is 5.59. The average molecular weight is 377 g/mol. The van der Waals surface area contributed by atoms with E-state index in [0.29, 0.717) is 12.8 Å². The third-order valence-corrected chi connectivity index (χ3v) is 5.36. The highest BCUT2D eigenvalue weighted by atomic mass is 32.2. The predicted octanol–water partition coefficient (Wildman–Crippen LogP) is 1.80. The molecule has 0 aliphatic carbocycles. The van der Waals surface area contributed by atoms with E-state index in [1.54, 1.807) is 6.92 Å². The number of carbonyl (C=O) groups excluding carboxylic acids is 1. The van der Waals surface area contributed by atoms with Gasteiger partial charge in [0.2, 0.25) is 15.8 Å². The van der Waals surface area contributed by atoms with Gasteiger partial charge in [0.05, 0.1) is 12.8 Å². The lowest BCUT2D eigenvalue weighted by atomic mass is 10.3. The number of hydrogen-bond donors (Lipinski definition) is 1. The van der Waals surface area contributed by atoms with Crippen LogP contribution in [-0.2, 0) is 27.6 Å². The number of ether oxygens (including phenoxy) is 1.